The highest BCUT2D eigenvalue weighted by Crippen LogP contribution is 2.25. The molecule has 0 radical (unpaired) electrons. The standard InChI is InChI=1S/C24H22N6O3/c1-15-7-8-16(2)19(11-15)20-13-21-23-27-30(24(32)28(23)9-10-29(21)26-20)14-22(31)25-17-5-4-6-18(12-17)33-3/h4-13H,14H2,1-3H3,(H,25,31). The lowest BCUT2D eigenvalue weighted by Crippen LogP contribution is -2.28. The Balaban J connectivity index is 1.49. The molecule has 5 rings (SSSR count). The molecule has 0 saturated heterocycles. The molecule has 0 aliphatic carbocycles. The van der Waals surface area contributed by atoms with Crippen LogP contribution in [0.15, 0.2) is 65.7 Å². The molecule has 0 aliphatic heterocycles. The van der Waals surface area contributed by atoms with Gasteiger partial charge in [-0.15, -0.1) is 5.10 Å². The zero-order valence-electron chi connectivity index (χ0n) is 18.4. The molecule has 0 spiro atoms. The molecule has 0 unspecified atom stereocenters. The quantitative estimate of drug-likeness (QED) is 0.451. The van der Waals surface area contributed by atoms with Crippen molar-refractivity contribution < 1.29 is 9.53 Å². The predicted molar refractivity (Wildman–Crippen MR) is 125 cm³/mol. The number of carbonyl (C=O) groups is 1. The van der Waals surface area contributed by atoms with Crippen molar-refractivity contribution in [3.63, 3.8) is 0 Å². The van der Waals surface area contributed by atoms with E-state index in [4.69, 9.17) is 4.74 Å². The molecule has 33 heavy (non-hydrogen) atoms. The summed E-state index contributed by atoms with van der Waals surface area (Å²) in [5.41, 5.74) is 5.35. The van der Waals surface area contributed by atoms with Crippen molar-refractivity contribution in [2.45, 2.75) is 20.4 Å². The summed E-state index contributed by atoms with van der Waals surface area (Å²) in [4.78, 5) is 25.4. The van der Waals surface area contributed by atoms with Crippen molar-refractivity contribution in [3.05, 3.63) is 82.5 Å². The predicted octanol–water partition coefficient (Wildman–Crippen LogP) is 3.07. The normalized spacial score (nSPS) is 11.2. The van der Waals surface area contributed by atoms with Crippen LogP contribution in [0.5, 0.6) is 5.75 Å². The Morgan fingerprint density at radius 3 is 2.73 bits per heavy atom. The topological polar surface area (TPSA) is 94.9 Å². The smallest absolute Gasteiger partial charge is 0.350 e. The summed E-state index contributed by atoms with van der Waals surface area (Å²) in [6.45, 7) is 3.85. The molecule has 5 aromatic rings. The van der Waals surface area contributed by atoms with Crippen molar-refractivity contribution in [3.8, 4) is 17.0 Å². The van der Waals surface area contributed by atoms with E-state index in [1.54, 1.807) is 48.3 Å². The summed E-state index contributed by atoms with van der Waals surface area (Å²) >= 11 is 0. The van der Waals surface area contributed by atoms with Gasteiger partial charge in [-0.1, -0.05) is 23.8 Å². The Hall–Kier alpha value is -4.40. The number of benzene rings is 2. The van der Waals surface area contributed by atoms with E-state index in [1.807, 2.05) is 19.9 Å². The largest absolute Gasteiger partial charge is 0.497 e. The highest BCUT2D eigenvalue weighted by atomic mass is 16.5. The fourth-order valence-electron chi connectivity index (χ4n) is 3.82. The van der Waals surface area contributed by atoms with E-state index in [9.17, 15) is 9.59 Å². The zero-order chi connectivity index (χ0) is 23.1. The Labute approximate surface area is 188 Å². The molecule has 9 heteroatoms. The third-order valence-corrected chi connectivity index (χ3v) is 5.51. The van der Waals surface area contributed by atoms with Gasteiger partial charge in [0.05, 0.1) is 12.8 Å². The van der Waals surface area contributed by atoms with E-state index in [2.05, 4.69) is 33.7 Å². The average Bonchev–Trinajstić information content (AvgIpc) is 3.37. The van der Waals surface area contributed by atoms with E-state index >= 15 is 0 Å². The second-order valence-corrected chi connectivity index (χ2v) is 7.89. The van der Waals surface area contributed by atoms with E-state index in [-0.39, 0.29) is 12.5 Å². The van der Waals surface area contributed by atoms with Crippen molar-refractivity contribution in [2.24, 2.45) is 0 Å². The van der Waals surface area contributed by atoms with Crippen molar-refractivity contribution in [2.75, 3.05) is 12.4 Å². The maximum absolute atomic E-state index is 12.9. The molecule has 166 valence electrons. The van der Waals surface area contributed by atoms with E-state index in [1.165, 1.54) is 4.40 Å². The number of amides is 1. The van der Waals surface area contributed by atoms with Gasteiger partial charge in [0, 0.05) is 29.7 Å². The van der Waals surface area contributed by atoms with Gasteiger partial charge in [0.15, 0.2) is 5.65 Å². The van der Waals surface area contributed by atoms with Crippen LogP contribution >= 0.6 is 0 Å². The molecule has 0 saturated carbocycles. The van der Waals surface area contributed by atoms with Crippen molar-refractivity contribution in [1.29, 1.82) is 0 Å². The zero-order valence-corrected chi connectivity index (χ0v) is 18.4. The minimum atomic E-state index is -0.400. The Bertz CT molecular complexity index is 1580. The van der Waals surface area contributed by atoms with Gasteiger partial charge < -0.3 is 10.1 Å². The van der Waals surface area contributed by atoms with Gasteiger partial charge in [-0.25, -0.2) is 18.4 Å². The summed E-state index contributed by atoms with van der Waals surface area (Å²) < 4.78 is 9.43. The van der Waals surface area contributed by atoms with Gasteiger partial charge >= 0.3 is 5.69 Å². The van der Waals surface area contributed by atoms with Crippen LogP contribution in [0.2, 0.25) is 0 Å². The molecule has 0 fully saturated rings. The number of ether oxygens (including phenoxy) is 1. The van der Waals surface area contributed by atoms with Crippen molar-refractivity contribution in [1.82, 2.24) is 23.8 Å². The SMILES string of the molecule is COc1cccc(NC(=O)Cn2nc3c4cc(-c5cc(C)ccc5C)nn4ccn3c2=O)c1. The lowest BCUT2D eigenvalue weighted by molar-refractivity contribution is -0.117. The molecule has 1 N–H and O–H groups in total. The first-order valence-electron chi connectivity index (χ1n) is 10.4. The summed E-state index contributed by atoms with van der Waals surface area (Å²) in [6.07, 6.45) is 3.31. The van der Waals surface area contributed by atoms with Gasteiger partial charge in [0.2, 0.25) is 5.91 Å². The maximum atomic E-state index is 12.9. The number of aromatic nitrogens is 5. The molecule has 0 atom stereocenters. The van der Waals surface area contributed by atoms with Gasteiger partial charge in [0.25, 0.3) is 0 Å². The summed E-state index contributed by atoms with van der Waals surface area (Å²) in [7, 11) is 1.56. The average molecular weight is 442 g/mol. The first kappa shape index (κ1) is 20.5. The summed E-state index contributed by atoms with van der Waals surface area (Å²) in [5.74, 6) is 0.259. The highest BCUT2D eigenvalue weighted by Gasteiger charge is 2.16. The molecule has 0 bridgehead atoms. The molecular formula is C24H22N6O3. The summed E-state index contributed by atoms with van der Waals surface area (Å²) in [6, 6.07) is 15.1. The van der Waals surface area contributed by atoms with Crippen LogP contribution in [-0.4, -0.2) is 36.8 Å². The molecule has 2 aromatic carbocycles. The number of fused-ring (bicyclic) bond motifs is 3. The highest BCUT2D eigenvalue weighted by molar-refractivity contribution is 5.90. The number of hydrogen-bond acceptors (Lipinski definition) is 5. The number of carbonyl (C=O) groups excluding carboxylic acids is 1. The minimum Gasteiger partial charge on any atom is -0.497 e. The fraction of sp³-hybridized carbons (Fsp3) is 0.167. The first-order chi connectivity index (χ1) is 15.9. The van der Waals surface area contributed by atoms with Gasteiger partial charge in [0.1, 0.15) is 17.8 Å². The summed E-state index contributed by atoms with van der Waals surface area (Å²) in [5, 5.41) is 11.9. The minimum absolute atomic E-state index is 0.220. The van der Waals surface area contributed by atoms with Crippen LogP contribution in [0, 0.1) is 13.8 Å². The molecule has 9 nitrogen and oxygen atoms in total. The molecule has 3 aromatic heterocycles. The van der Waals surface area contributed by atoms with E-state index < -0.39 is 5.69 Å². The van der Waals surface area contributed by atoms with Crippen LogP contribution < -0.4 is 15.7 Å². The number of hydrogen-bond donors (Lipinski definition) is 1. The lowest BCUT2D eigenvalue weighted by atomic mass is 10.0. The number of rotatable bonds is 5. The van der Waals surface area contributed by atoms with Gasteiger partial charge in [-0.05, 0) is 43.7 Å². The molecule has 0 aliphatic rings. The van der Waals surface area contributed by atoms with Gasteiger partial charge in [-0.3, -0.25) is 4.79 Å². The molecule has 3 heterocycles. The molecular weight excluding hydrogens is 420 g/mol. The number of anilines is 1. The first-order valence-corrected chi connectivity index (χ1v) is 10.4. The number of methoxy groups -OCH3 is 1. The van der Waals surface area contributed by atoms with Gasteiger partial charge in [-0.2, -0.15) is 5.10 Å². The van der Waals surface area contributed by atoms with E-state index in [0.717, 1.165) is 27.1 Å². The Kier molecular flexibility index (Phi) is 4.93. The van der Waals surface area contributed by atoms with Crippen LogP contribution in [0.1, 0.15) is 11.1 Å². The second kappa shape index (κ2) is 7.94. The third kappa shape index (κ3) is 3.73. The maximum Gasteiger partial charge on any atom is 0.350 e. The molecule has 1 amide bonds. The fourth-order valence-corrected chi connectivity index (χ4v) is 3.82. The van der Waals surface area contributed by atoms with Crippen LogP contribution in [0.4, 0.5) is 5.69 Å². The van der Waals surface area contributed by atoms with Crippen LogP contribution in [0.25, 0.3) is 22.4 Å². The van der Waals surface area contributed by atoms with E-state index in [0.29, 0.717) is 22.6 Å². The van der Waals surface area contributed by atoms with Crippen LogP contribution in [-0.2, 0) is 11.3 Å². The number of nitrogens with one attached hydrogen (secondary N) is 1. The number of aryl methyl sites for hydroxylation is 2. The monoisotopic (exact) mass is 442 g/mol. The third-order valence-electron chi connectivity index (χ3n) is 5.51. The Morgan fingerprint density at radius 2 is 1.91 bits per heavy atom. The Morgan fingerprint density at radius 1 is 1.06 bits per heavy atom. The number of nitrogens with zero attached hydrogens (tertiary/aromatic N) is 5. The van der Waals surface area contributed by atoms with Crippen LogP contribution in [0.3, 0.4) is 0 Å². The second-order valence-electron chi connectivity index (χ2n) is 7.89. The lowest BCUT2D eigenvalue weighted by Gasteiger charge is -2.06. The van der Waals surface area contributed by atoms with Crippen molar-refractivity contribution >= 4 is 22.8 Å².